The van der Waals surface area contributed by atoms with E-state index < -0.39 is 0 Å². The summed E-state index contributed by atoms with van der Waals surface area (Å²) in [5.41, 5.74) is 3.36. The standard InChI is InChI=1S/C32H48N4O3/c1-5-8-9-10-11-12-13-18-31(37)33-26-19-20-28(27(25-26)32(38)34(6-2)7-3)35-21-23-36(24-22-35)29-16-14-15-17-30(29)39-4/h14-17,19-20,25H,5-13,18,21-24H2,1-4H3,(H,33,37). The first kappa shape index (κ1) is 30.3. The van der Waals surface area contributed by atoms with Crippen LogP contribution in [0.3, 0.4) is 0 Å². The average Bonchev–Trinajstić information content (AvgIpc) is 2.97. The molecule has 7 heteroatoms. The monoisotopic (exact) mass is 536 g/mol. The van der Waals surface area contributed by atoms with Crippen LogP contribution in [0.5, 0.6) is 5.75 Å². The summed E-state index contributed by atoms with van der Waals surface area (Å²) in [6.45, 7) is 10.8. The molecule has 1 aliphatic rings. The predicted octanol–water partition coefficient (Wildman–Crippen LogP) is 6.58. The molecule has 0 spiro atoms. The van der Waals surface area contributed by atoms with Crippen molar-refractivity contribution in [1.29, 1.82) is 0 Å². The van der Waals surface area contributed by atoms with E-state index in [2.05, 4.69) is 28.1 Å². The minimum absolute atomic E-state index is 0.00494. The molecule has 39 heavy (non-hydrogen) atoms. The number of hydrogen-bond donors (Lipinski definition) is 1. The summed E-state index contributed by atoms with van der Waals surface area (Å²) in [6, 6.07) is 13.9. The molecular weight excluding hydrogens is 488 g/mol. The molecule has 2 aromatic rings. The lowest BCUT2D eigenvalue weighted by Gasteiger charge is -2.38. The average molecular weight is 537 g/mol. The smallest absolute Gasteiger partial charge is 0.256 e. The molecule has 1 heterocycles. The van der Waals surface area contributed by atoms with Gasteiger partial charge in [0.2, 0.25) is 5.91 Å². The molecule has 1 aliphatic heterocycles. The predicted molar refractivity (Wildman–Crippen MR) is 162 cm³/mol. The van der Waals surface area contributed by atoms with Crippen LogP contribution in [0.25, 0.3) is 0 Å². The maximum Gasteiger partial charge on any atom is 0.256 e. The Balaban J connectivity index is 1.68. The first-order valence-corrected chi connectivity index (χ1v) is 14.9. The van der Waals surface area contributed by atoms with Crippen molar-refractivity contribution in [3.8, 4) is 5.75 Å². The highest BCUT2D eigenvalue weighted by atomic mass is 16.5. The summed E-state index contributed by atoms with van der Waals surface area (Å²) in [7, 11) is 1.70. The molecule has 7 nitrogen and oxygen atoms in total. The molecule has 0 bridgehead atoms. The zero-order chi connectivity index (χ0) is 28.0. The Kier molecular flexibility index (Phi) is 12.5. The SMILES string of the molecule is CCCCCCCCCC(=O)Nc1ccc(N2CCN(c3ccccc3OC)CC2)c(C(=O)N(CC)CC)c1. The Bertz CT molecular complexity index is 1050. The fraction of sp³-hybridized carbons (Fsp3) is 0.562. The quantitative estimate of drug-likeness (QED) is 0.260. The Labute approximate surface area is 235 Å². The van der Waals surface area contributed by atoms with Crippen LogP contribution in [0.1, 0.15) is 82.5 Å². The van der Waals surface area contributed by atoms with E-state index in [1.54, 1.807) is 7.11 Å². The summed E-state index contributed by atoms with van der Waals surface area (Å²) >= 11 is 0. The van der Waals surface area contributed by atoms with E-state index in [1.165, 1.54) is 32.1 Å². The van der Waals surface area contributed by atoms with Gasteiger partial charge in [-0.1, -0.05) is 57.6 Å². The van der Waals surface area contributed by atoms with Crippen molar-refractivity contribution >= 4 is 28.9 Å². The number of methoxy groups -OCH3 is 1. The zero-order valence-electron chi connectivity index (χ0n) is 24.5. The number of nitrogens with zero attached hydrogens (tertiary/aromatic N) is 3. The van der Waals surface area contributed by atoms with E-state index in [0.29, 0.717) is 30.8 Å². The van der Waals surface area contributed by atoms with Crippen LogP contribution in [0.15, 0.2) is 42.5 Å². The Morgan fingerprint density at radius 3 is 2.08 bits per heavy atom. The van der Waals surface area contributed by atoms with Crippen molar-refractivity contribution in [2.75, 3.05) is 61.5 Å². The van der Waals surface area contributed by atoms with Crippen LogP contribution < -0.4 is 19.9 Å². The summed E-state index contributed by atoms with van der Waals surface area (Å²) in [4.78, 5) is 32.7. The van der Waals surface area contributed by atoms with Crippen LogP contribution in [0, 0.1) is 0 Å². The number of benzene rings is 2. The van der Waals surface area contributed by atoms with Crippen molar-refractivity contribution in [1.82, 2.24) is 4.90 Å². The molecule has 0 radical (unpaired) electrons. The number of piperazine rings is 1. The highest BCUT2D eigenvalue weighted by molar-refractivity contribution is 6.02. The maximum absolute atomic E-state index is 13.6. The number of para-hydroxylation sites is 2. The fourth-order valence-corrected chi connectivity index (χ4v) is 5.29. The molecule has 214 valence electrons. The number of amides is 2. The Hall–Kier alpha value is -3.22. The number of ether oxygens (including phenoxy) is 1. The first-order valence-electron chi connectivity index (χ1n) is 14.9. The van der Waals surface area contributed by atoms with E-state index in [-0.39, 0.29) is 11.8 Å². The van der Waals surface area contributed by atoms with E-state index >= 15 is 0 Å². The number of carbonyl (C=O) groups excluding carboxylic acids is 2. The highest BCUT2D eigenvalue weighted by Gasteiger charge is 2.25. The molecule has 0 unspecified atom stereocenters. The number of anilines is 3. The fourth-order valence-electron chi connectivity index (χ4n) is 5.29. The highest BCUT2D eigenvalue weighted by Crippen LogP contribution is 2.31. The number of hydrogen-bond acceptors (Lipinski definition) is 5. The van der Waals surface area contributed by atoms with Gasteiger partial charge in [0.15, 0.2) is 0 Å². The lowest BCUT2D eigenvalue weighted by atomic mass is 10.1. The van der Waals surface area contributed by atoms with Crippen molar-refractivity contribution in [2.45, 2.75) is 72.1 Å². The molecule has 0 aliphatic carbocycles. The third-order valence-electron chi connectivity index (χ3n) is 7.61. The second-order valence-electron chi connectivity index (χ2n) is 10.3. The lowest BCUT2D eigenvalue weighted by Crippen LogP contribution is -2.47. The minimum Gasteiger partial charge on any atom is -0.495 e. The maximum atomic E-state index is 13.6. The largest absolute Gasteiger partial charge is 0.495 e. The normalized spacial score (nSPS) is 13.3. The van der Waals surface area contributed by atoms with Crippen molar-refractivity contribution in [3.05, 3.63) is 48.0 Å². The van der Waals surface area contributed by atoms with E-state index in [1.807, 2.05) is 55.1 Å². The van der Waals surface area contributed by atoms with Crippen molar-refractivity contribution in [3.63, 3.8) is 0 Å². The van der Waals surface area contributed by atoms with Gasteiger partial charge in [-0.3, -0.25) is 9.59 Å². The van der Waals surface area contributed by atoms with Crippen LogP contribution in [0.2, 0.25) is 0 Å². The third kappa shape index (κ3) is 8.64. The Morgan fingerprint density at radius 1 is 0.821 bits per heavy atom. The molecule has 1 N–H and O–H groups in total. The molecule has 2 aromatic carbocycles. The van der Waals surface area contributed by atoms with Gasteiger partial charge >= 0.3 is 0 Å². The van der Waals surface area contributed by atoms with E-state index in [9.17, 15) is 9.59 Å². The molecular formula is C32H48N4O3. The summed E-state index contributed by atoms with van der Waals surface area (Å²) < 4.78 is 5.57. The van der Waals surface area contributed by atoms with Gasteiger partial charge < -0.3 is 24.8 Å². The zero-order valence-corrected chi connectivity index (χ0v) is 24.5. The number of nitrogens with one attached hydrogen (secondary N) is 1. The third-order valence-corrected chi connectivity index (χ3v) is 7.61. The summed E-state index contributed by atoms with van der Waals surface area (Å²) in [6.07, 6.45) is 8.77. The van der Waals surface area contributed by atoms with Gasteiger partial charge in [0.05, 0.1) is 18.4 Å². The van der Waals surface area contributed by atoms with Crippen molar-refractivity contribution < 1.29 is 14.3 Å². The Morgan fingerprint density at radius 2 is 1.44 bits per heavy atom. The van der Waals surface area contributed by atoms with Gasteiger partial charge in [0.1, 0.15) is 5.75 Å². The number of unbranched alkanes of at least 4 members (excludes halogenated alkanes) is 6. The van der Waals surface area contributed by atoms with Crippen LogP contribution in [0.4, 0.5) is 17.1 Å². The minimum atomic E-state index is 0.00494. The van der Waals surface area contributed by atoms with Gasteiger partial charge in [0, 0.05) is 57.1 Å². The number of carbonyl (C=O) groups is 2. The van der Waals surface area contributed by atoms with Gasteiger partial charge in [-0.05, 0) is 50.6 Å². The molecule has 0 atom stereocenters. The van der Waals surface area contributed by atoms with E-state index in [0.717, 1.165) is 56.1 Å². The van der Waals surface area contributed by atoms with Gasteiger partial charge in [-0.2, -0.15) is 0 Å². The second-order valence-corrected chi connectivity index (χ2v) is 10.3. The summed E-state index contributed by atoms with van der Waals surface area (Å²) in [5, 5.41) is 3.04. The topological polar surface area (TPSA) is 65.1 Å². The van der Waals surface area contributed by atoms with Crippen LogP contribution in [-0.4, -0.2) is 63.1 Å². The van der Waals surface area contributed by atoms with Gasteiger partial charge in [-0.25, -0.2) is 0 Å². The molecule has 1 saturated heterocycles. The van der Waals surface area contributed by atoms with E-state index in [4.69, 9.17) is 4.74 Å². The van der Waals surface area contributed by atoms with Crippen LogP contribution in [-0.2, 0) is 4.79 Å². The molecule has 0 aromatic heterocycles. The van der Waals surface area contributed by atoms with Gasteiger partial charge in [-0.15, -0.1) is 0 Å². The number of rotatable bonds is 15. The van der Waals surface area contributed by atoms with Crippen molar-refractivity contribution in [2.24, 2.45) is 0 Å². The lowest BCUT2D eigenvalue weighted by molar-refractivity contribution is -0.116. The molecule has 1 fully saturated rings. The second kappa shape index (κ2) is 16.0. The van der Waals surface area contributed by atoms with Gasteiger partial charge in [0.25, 0.3) is 5.91 Å². The summed E-state index contributed by atoms with van der Waals surface area (Å²) in [5.74, 6) is 0.897. The molecule has 3 rings (SSSR count). The first-order chi connectivity index (χ1) is 19.0. The van der Waals surface area contributed by atoms with Crippen LogP contribution >= 0.6 is 0 Å². The molecule has 2 amide bonds. The molecule has 0 saturated carbocycles.